The predicted octanol–water partition coefficient (Wildman–Crippen LogP) is 5.53. The molecule has 0 bridgehead atoms. The van der Waals surface area contributed by atoms with Crippen LogP contribution in [-0.4, -0.2) is 43.7 Å². The first-order chi connectivity index (χ1) is 11.2. The number of hydrogen-bond acceptors (Lipinski definition) is 9. The first kappa shape index (κ1) is 20.5. The number of aliphatic hydroxyl groups is 1. The first-order valence-electron chi connectivity index (χ1n) is 7.03. The Morgan fingerprint density at radius 1 is 0.913 bits per heavy atom. The molecule has 2 aliphatic heterocycles. The van der Waals surface area contributed by atoms with E-state index < -0.39 is 0 Å². The number of thioether (sulfide) groups is 6. The standard InChI is InChI=1S/C14H20O3S6/c1-5-16-10(17-6-2)9-8(7-15)20-13(21-9)14-22-11(18-3)12(19-4)23-14/h10,15H,5-7H2,1-4H3. The summed E-state index contributed by atoms with van der Waals surface area (Å²) in [6.45, 7) is 5.11. The zero-order chi connectivity index (χ0) is 16.8. The van der Waals surface area contributed by atoms with Crippen molar-refractivity contribution in [1.82, 2.24) is 0 Å². The lowest BCUT2D eigenvalue weighted by Crippen LogP contribution is -2.19. The second-order valence-corrected chi connectivity index (χ2v) is 11.0. The molecule has 0 aliphatic carbocycles. The van der Waals surface area contributed by atoms with Crippen LogP contribution in [0.25, 0.3) is 0 Å². The smallest absolute Gasteiger partial charge is 0.190 e. The van der Waals surface area contributed by atoms with Gasteiger partial charge in [-0.25, -0.2) is 0 Å². The van der Waals surface area contributed by atoms with Gasteiger partial charge in [-0.3, -0.25) is 0 Å². The van der Waals surface area contributed by atoms with Crippen LogP contribution in [0.3, 0.4) is 0 Å². The lowest BCUT2D eigenvalue weighted by molar-refractivity contribution is -0.106. The van der Waals surface area contributed by atoms with Crippen molar-refractivity contribution >= 4 is 70.6 Å². The summed E-state index contributed by atoms with van der Waals surface area (Å²) in [7, 11) is 0. The van der Waals surface area contributed by atoms with Gasteiger partial charge in [-0.2, -0.15) is 0 Å². The average Bonchev–Trinajstić information content (AvgIpc) is 3.17. The third-order valence-corrected chi connectivity index (χ3v) is 11.2. The van der Waals surface area contributed by atoms with Gasteiger partial charge < -0.3 is 14.6 Å². The Balaban J connectivity index is 2.17. The molecule has 0 radical (unpaired) electrons. The fourth-order valence-electron chi connectivity index (χ4n) is 1.82. The van der Waals surface area contributed by atoms with Crippen LogP contribution in [0.2, 0.25) is 0 Å². The van der Waals surface area contributed by atoms with Gasteiger partial charge in [-0.15, -0.1) is 23.5 Å². The van der Waals surface area contributed by atoms with E-state index in [9.17, 15) is 5.11 Å². The Hall–Kier alpha value is 1.20. The number of rotatable bonds is 8. The maximum absolute atomic E-state index is 9.72. The summed E-state index contributed by atoms with van der Waals surface area (Å²) in [6, 6.07) is 0. The topological polar surface area (TPSA) is 38.7 Å². The molecule has 0 atom stereocenters. The normalized spacial score (nSPS) is 19.0. The van der Waals surface area contributed by atoms with Gasteiger partial charge in [0.25, 0.3) is 0 Å². The molecule has 130 valence electrons. The molecule has 0 aromatic heterocycles. The van der Waals surface area contributed by atoms with Crippen molar-refractivity contribution in [3.05, 3.63) is 26.8 Å². The highest BCUT2D eigenvalue weighted by Crippen LogP contribution is 2.63. The Kier molecular flexibility index (Phi) is 9.25. The molecule has 3 nitrogen and oxygen atoms in total. The van der Waals surface area contributed by atoms with E-state index in [4.69, 9.17) is 9.47 Å². The molecule has 23 heavy (non-hydrogen) atoms. The fraction of sp³-hybridized carbons (Fsp3) is 0.571. The zero-order valence-corrected chi connectivity index (χ0v) is 18.3. The van der Waals surface area contributed by atoms with Gasteiger partial charge >= 0.3 is 0 Å². The molecule has 0 aromatic rings. The molecule has 0 spiro atoms. The van der Waals surface area contributed by atoms with E-state index in [2.05, 4.69) is 12.5 Å². The van der Waals surface area contributed by atoms with E-state index >= 15 is 0 Å². The quantitative estimate of drug-likeness (QED) is 0.502. The van der Waals surface area contributed by atoms with Gasteiger partial charge in [0.05, 0.1) is 28.5 Å². The average molecular weight is 429 g/mol. The van der Waals surface area contributed by atoms with Crippen LogP contribution in [-0.2, 0) is 9.47 Å². The van der Waals surface area contributed by atoms with Gasteiger partial charge in [0.2, 0.25) is 0 Å². The summed E-state index contributed by atoms with van der Waals surface area (Å²) in [5.41, 5.74) is 0. The van der Waals surface area contributed by atoms with Crippen LogP contribution < -0.4 is 0 Å². The maximum atomic E-state index is 9.72. The number of ether oxygens (including phenoxy) is 2. The number of hydrogen-bond donors (Lipinski definition) is 1. The van der Waals surface area contributed by atoms with Crippen molar-refractivity contribution in [2.45, 2.75) is 20.1 Å². The Morgan fingerprint density at radius 3 is 1.87 bits per heavy atom. The van der Waals surface area contributed by atoms with Crippen LogP contribution >= 0.6 is 70.6 Å². The minimum atomic E-state index is -0.382. The van der Waals surface area contributed by atoms with E-state index in [1.807, 2.05) is 37.4 Å². The fourth-order valence-corrected chi connectivity index (χ4v) is 9.72. The van der Waals surface area contributed by atoms with E-state index in [1.165, 1.54) is 16.9 Å². The van der Waals surface area contributed by atoms with E-state index in [-0.39, 0.29) is 12.9 Å². The minimum absolute atomic E-state index is 0.0218. The van der Waals surface area contributed by atoms with Crippen molar-refractivity contribution in [3.8, 4) is 0 Å². The molecule has 0 unspecified atom stereocenters. The van der Waals surface area contributed by atoms with Gasteiger partial charge in [0, 0.05) is 18.1 Å². The molecule has 2 rings (SSSR count). The summed E-state index contributed by atoms with van der Waals surface area (Å²) in [5, 5.41) is 9.72. The second kappa shape index (κ2) is 10.4. The zero-order valence-electron chi connectivity index (χ0n) is 13.4. The molecule has 9 heteroatoms. The van der Waals surface area contributed by atoms with Crippen molar-refractivity contribution < 1.29 is 14.6 Å². The molecular weight excluding hydrogens is 409 g/mol. The van der Waals surface area contributed by atoms with Gasteiger partial charge in [-0.05, 0) is 26.4 Å². The van der Waals surface area contributed by atoms with Crippen LogP contribution in [0, 0.1) is 0 Å². The molecule has 2 heterocycles. The van der Waals surface area contributed by atoms with Gasteiger partial charge in [-0.1, -0.05) is 47.0 Å². The molecule has 0 saturated carbocycles. The van der Waals surface area contributed by atoms with Crippen LogP contribution in [0.1, 0.15) is 13.8 Å². The molecule has 0 saturated heterocycles. The van der Waals surface area contributed by atoms with Crippen molar-refractivity contribution in [2.24, 2.45) is 0 Å². The summed E-state index contributed by atoms with van der Waals surface area (Å²) in [4.78, 5) is 1.93. The molecule has 0 fully saturated rings. The van der Waals surface area contributed by atoms with E-state index in [0.29, 0.717) is 13.2 Å². The lowest BCUT2D eigenvalue weighted by Gasteiger charge is -2.18. The molecule has 0 aromatic carbocycles. The maximum Gasteiger partial charge on any atom is 0.190 e. The van der Waals surface area contributed by atoms with E-state index in [0.717, 1.165) is 9.81 Å². The van der Waals surface area contributed by atoms with Crippen molar-refractivity contribution in [3.63, 3.8) is 0 Å². The first-order valence-corrected chi connectivity index (χ1v) is 12.7. The Labute approximate surface area is 163 Å². The molecule has 2 aliphatic rings. The highest BCUT2D eigenvalue weighted by molar-refractivity contribution is 8.42. The highest BCUT2D eigenvalue weighted by atomic mass is 32.3. The highest BCUT2D eigenvalue weighted by Gasteiger charge is 2.33. The Morgan fingerprint density at radius 2 is 1.43 bits per heavy atom. The Bertz CT molecular complexity index is 505. The van der Waals surface area contributed by atoms with Crippen LogP contribution in [0.4, 0.5) is 0 Å². The third-order valence-electron chi connectivity index (χ3n) is 2.76. The van der Waals surface area contributed by atoms with E-state index in [1.54, 1.807) is 47.0 Å². The van der Waals surface area contributed by atoms with Crippen LogP contribution in [0.15, 0.2) is 26.8 Å². The number of aliphatic hydroxyl groups excluding tert-OH is 1. The third kappa shape index (κ3) is 5.10. The summed E-state index contributed by atoms with van der Waals surface area (Å²) < 4.78 is 16.7. The van der Waals surface area contributed by atoms with Crippen LogP contribution in [0.5, 0.6) is 0 Å². The minimum Gasteiger partial charge on any atom is -0.391 e. The summed E-state index contributed by atoms with van der Waals surface area (Å²) >= 11 is 10.6. The monoisotopic (exact) mass is 428 g/mol. The largest absolute Gasteiger partial charge is 0.391 e. The van der Waals surface area contributed by atoms with Gasteiger partial charge in [0.15, 0.2) is 6.29 Å². The molecule has 1 N–H and O–H groups in total. The lowest BCUT2D eigenvalue weighted by atomic mass is 10.4. The molecular formula is C14H20O3S6. The summed E-state index contributed by atoms with van der Waals surface area (Å²) in [6.07, 6.45) is 3.85. The molecule has 0 amide bonds. The van der Waals surface area contributed by atoms with Crippen molar-refractivity contribution in [2.75, 3.05) is 32.3 Å². The van der Waals surface area contributed by atoms with Crippen molar-refractivity contribution in [1.29, 1.82) is 0 Å². The SMILES string of the molecule is CCOC(OCC)C1=C(CO)SC(=C2SC(SC)=C(SC)S2)S1. The predicted molar refractivity (Wildman–Crippen MR) is 113 cm³/mol. The summed E-state index contributed by atoms with van der Waals surface area (Å²) in [5.74, 6) is 0. The second-order valence-electron chi connectivity index (χ2n) is 4.15. The van der Waals surface area contributed by atoms with Gasteiger partial charge in [0.1, 0.15) is 0 Å².